The Morgan fingerprint density at radius 1 is 1.42 bits per heavy atom. The van der Waals surface area contributed by atoms with Crippen LogP contribution in [0.4, 0.5) is 0 Å². The van der Waals surface area contributed by atoms with Gasteiger partial charge in [0.25, 0.3) is 11.5 Å². The number of hydrogen-bond donors (Lipinski definition) is 4. The highest BCUT2D eigenvalue weighted by Gasteiger charge is 2.19. The second-order valence-corrected chi connectivity index (χ2v) is 5.16. The minimum Gasteiger partial charge on any atom is -0.396 e. The Morgan fingerprint density at radius 2 is 2.11 bits per heavy atom. The Balaban J connectivity index is 2.65. The third-order valence-electron chi connectivity index (χ3n) is 2.80. The van der Waals surface area contributed by atoms with Gasteiger partial charge in [-0.1, -0.05) is 13.8 Å². The molecule has 1 amide bonds. The Hall–Kier alpha value is -1.89. The van der Waals surface area contributed by atoms with Crippen LogP contribution in [0, 0.1) is 5.41 Å². The number of hydrogen-bond acceptors (Lipinski definition) is 4. The molecule has 0 unspecified atom stereocenters. The summed E-state index contributed by atoms with van der Waals surface area (Å²) < 4.78 is 0. The molecule has 0 radical (unpaired) electrons. The van der Waals surface area contributed by atoms with E-state index in [0.29, 0.717) is 13.0 Å². The summed E-state index contributed by atoms with van der Waals surface area (Å²) in [5, 5.41) is 11.4. The number of aliphatic hydroxyl groups is 1. The standard InChI is InChI=1S/C12H19N3O4/c1-12(2,4-3-5-16)7-14-9(17)8-6-13-11(19)15-10(8)18/h6,16H,3-5,7H2,1-2H3,(H,14,17)(H2,13,15,18,19). The minimum atomic E-state index is -0.714. The predicted molar refractivity (Wildman–Crippen MR) is 70.1 cm³/mol. The van der Waals surface area contributed by atoms with Crippen molar-refractivity contribution >= 4 is 5.91 Å². The monoisotopic (exact) mass is 269 g/mol. The van der Waals surface area contributed by atoms with Crippen LogP contribution in [0.3, 0.4) is 0 Å². The Labute approximate surface area is 110 Å². The normalized spacial score (nSPS) is 11.3. The van der Waals surface area contributed by atoms with E-state index in [1.165, 1.54) is 0 Å². The van der Waals surface area contributed by atoms with Gasteiger partial charge in [-0.15, -0.1) is 0 Å². The number of aliphatic hydroxyl groups excluding tert-OH is 1. The van der Waals surface area contributed by atoms with Crippen molar-refractivity contribution in [2.75, 3.05) is 13.2 Å². The maximum Gasteiger partial charge on any atom is 0.325 e. The Kier molecular flexibility index (Phi) is 5.05. The van der Waals surface area contributed by atoms with Gasteiger partial charge in [0.1, 0.15) is 5.56 Å². The second kappa shape index (κ2) is 6.33. The zero-order valence-corrected chi connectivity index (χ0v) is 11.1. The summed E-state index contributed by atoms with van der Waals surface area (Å²) in [7, 11) is 0. The summed E-state index contributed by atoms with van der Waals surface area (Å²) in [4.78, 5) is 38.3. The maximum absolute atomic E-state index is 11.8. The van der Waals surface area contributed by atoms with Gasteiger partial charge in [-0.3, -0.25) is 14.6 Å². The molecule has 0 fully saturated rings. The smallest absolute Gasteiger partial charge is 0.325 e. The molecule has 0 saturated heterocycles. The molecule has 0 bridgehead atoms. The van der Waals surface area contributed by atoms with E-state index in [1.807, 2.05) is 18.8 Å². The lowest BCUT2D eigenvalue weighted by Gasteiger charge is -2.24. The number of carbonyl (C=O) groups is 1. The molecule has 1 aromatic rings. The van der Waals surface area contributed by atoms with Crippen LogP contribution < -0.4 is 16.6 Å². The molecule has 0 spiro atoms. The number of nitrogens with one attached hydrogen (secondary N) is 3. The highest BCUT2D eigenvalue weighted by molar-refractivity contribution is 5.93. The Bertz CT molecular complexity index is 544. The number of carbonyl (C=O) groups excluding carboxylic acids is 1. The third-order valence-corrected chi connectivity index (χ3v) is 2.80. The number of aromatic amines is 2. The highest BCUT2D eigenvalue weighted by Crippen LogP contribution is 2.20. The van der Waals surface area contributed by atoms with Crippen molar-refractivity contribution in [3.63, 3.8) is 0 Å². The fourth-order valence-electron chi connectivity index (χ4n) is 1.64. The van der Waals surface area contributed by atoms with E-state index in [9.17, 15) is 14.4 Å². The fourth-order valence-corrected chi connectivity index (χ4v) is 1.64. The van der Waals surface area contributed by atoms with Crippen LogP contribution in [0.2, 0.25) is 0 Å². The van der Waals surface area contributed by atoms with Crippen LogP contribution in [0.5, 0.6) is 0 Å². The third kappa shape index (κ3) is 4.70. The van der Waals surface area contributed by atoms with Crippen molar-refractivity contribution in [3.8, 4) is 0 Å². The summed E-state index contributed by atoms with van der Waals surface area (Å²) in [5.41, 5.74) is -1.66. The molecule has 1 aromatic heterocycles. The summed E-state index contributed by atoms with van der Waals surface area (Å²) in [5.74, 6) is -0.533. The van der Waals surface area contributed by atoms with Crippen molar-refractivity contribution in [3.05, 3.63) is 32.6 Å². The van der Waals surface area contributed by atoms with E-state index in [-0.39, 0.29) is 17.6 Å². The van der Waals surface area contributed by atoms with Crippen molar-refractivity contribution in [1.82, 2.24) is 15.3 Å². The number of H-pyrrole nitrogens is 2. The lowest BCUT2D eigenvalue weighted by atomic mass is 9.88. The Morgan fingerprint density at radius 3 is 2.68 bits per heavy atom. The summed E-state index contributed by atoms with van der Waals surface area (Å²) >= 11 is 0. The molecular weight excluding hydrogens is 250 g/mol. The summed E-state index contributed by atoms with van der Waals surface area (Å²) in [6, 6.07) is 0. The average Bonchev–Trinajstić information content (AvgIpc) is 2.34. The maximum atomic E-state index is 11.8. The fraction of sp³-hybridized carbons (Fsp3) is 0.583. The van der Waals surface area contributed by atoms with Gasteiger partial charge in [-0.25, -0.2) is 4.79 Å². The molecule has 1 rings (SSSR count). The minimum absolute atomic E-state index is 0.108. The molecule has 19 heavy (non-hydrogen) atoms. The first-order valence-electron chi connectivity index (χ1n) is 6.07. The molecule has 106 valence electrons. The van der Waals surface area contributed by atoms with E-state index in [4.69, 9.17) is 5.11 Å². The summed E-state index contributed by atoms with van der Waals surface area (Å²) in [6.45, 7) is 4.40. The van der Waals surface area contributed by atoms with Crippen molar-refractivity contribution in [2.45, 2.75) is 26.7 Å². The van der Waals surface area contributed by atoms with E-state index >= 15 is 0 Å². The van der Waals surface area contributed by atoms with Crippen LogP contribution in [-0.4, -0.2) is 34.1 Å². The average molecular weight is 269 g/mol. The zero-order valence-electron chi connectivity index (χ0n) is 11.1. The number of amides is 1. The molecule has 0 aromatic carbocycles. The van der Waals surface area contributed by atoms with Crippen LogP contribution in [0.1, 0.15) is 37.0 Å². The van der Waals surface area contributed by atoms with Crippen molar-refractivity contribution in [1.29, 1.82) is 0 Å². The molecule has 7 nitrogen and oxygen atoms in total. The van der Waals surface area contributed by atoms with Crippen molar-refractivity contribution < 1.29 is 9.90 Å². The van der Waals surface area contributed by atoms with Gasteiger partial charge in [0, 0.05) is 19.3 Å². The largest absolute Gasteiger partial charge is 0.396 e. The summed E-state index contributed by atoms with van der Waals surface area (Å²) in [6.07, 6.45) is 2.51. The molecule has 0 aliphatic rings. The van der Waals surface area contributed by atoms with E-state index in [2.05, 4.69) is 10.3 Å². The first-order valence-corrected chi connectivity index (χ1v) is 6.07. The molecular formula is C12H19N3O4. The molecule has 7 heteroatoms. The number of rotatable bonds is 6. The molecule has 0 atom stereocenters. The van der Waals surface area contributed by atoms with Crippen LogP contribution in [0.15, 0.2) is 15.8 Å². The lowest BCUT2D eigenvalue weighted by Crippen LogP contribution is -2.38. The number of aromatic nitrogens is 2. The van der Waals surface area contributed by atoms with Gasteiger partial charge < -0.3 is 15.4 Å². The SMILES string of the molecule is CC(C)(CCCO)CNC(=O)c1c[nH]c(=O)[nH]c1=O. The molecule has 0 aliphatic carbocycles. The predicted octanol–water partition coefficient (Wildman–Crippen LogP) is -0.408. The van der Waals surface area contributed by atoms with E-state index in [0.717, 1.165) is 12.6 Å². The van der Waals surface area contributed by atoms with Gasteiger partial charge in [0.15, 0.2) is 0 Å². The molecule has 0 saturated carbocycles. The second-order valence-electron chi connectivity index (χ2n) is 5.16. The van der Waals surface area contributed by atoms with Crippen molar-refractivity contribution in [2.24, 2.45) is 5.41 Å². The molecule has 4 N–H and O–H groups in total. The van der Waals surface area contributed by atoms with E-state index < -0.39 is 17.2 Å². The molecule has 1 heterocycles. The zero-order chi connectivity index (χ0) is 14.5. The lowest BCUT2D eigenvalue weighted by molar-refractivity contribution is 0.0931. The quantitative estimate of drug-likeness (QED) is 0.562. The highest BCUT2D eigenvalue weighted by atomic mass is 16.3. The van der Waals surface area contributed by atoms with Crippen LogP contribution in [0.25, 0.3) is 0 Å². The van der Waals surface area contributed by atoms with Crippen LogP contribution >= 0.6 is 0 Å². The van der Waals surface area contributed by atoms with Gasteiger partial charge in [0.2, 0.25) is 0 Å². The van der Waals surface area contributed by atoms with Gasteiger partial charge >= 0.3 is 5.69 Å². The van der Waals surface area contributed by atoms with Gasteiger partial charge in [-0.2, -0.15) is 0 Å². The van der Waals surface area contributed by atoms with E-state index in [1.54, 1.807) is 0 Å². The van der Waals surface area contributed by atoms with Gasteiger partial charge in [-0.05, 0) is 18.3 Å². The topological polar surface area (TPSA) is 115 Å². The van der Waals surface area contributed by atoms with Gasteiger partial charge in [0.05, 0.1) is 0 Å². The molecule has 0 aliphatic heterocycles. The van der Waals surface area contributed by atoms with Crippen LogP contribution in [-0.2, 0) is 0 Å². The first-order chi connectivity index (χ1) is 8.85. The first kappa shape index (κ1) is 15.2.